The second-order valence-corrected chi connectivity index (χ2v) is 8.83. The Bertz CT molecular complexity index is 910. The fourth-order valence-corrected chi connectivity index (χ4v) is 4.78. The van der Waals surface area contributed by atoms with Gasteiger partial charge in [-0.25, -0.2) is 4.98 Å². The van der Waals surface area contributed by atoms with Crippen molar-refractivity contribution in [3.05, 3.63) is 45.2 Å². The molecule has 148 valence electrons. The lowest BCUT2D eigenvalue weighted by atomic mass is 9.94. The van der Waals surface area contributed by atoms with E-state index in [1.165, 1.54) is 23.3 Å². The van der Waals surface area contributed by atoms with Gasteiger partial charge in [0.1, 0.15) is 5.69 Å². The zero-order chi connectivity index (χ0) is 19.8. The predicted molar refractivity (Wildman–Crippen MR) is 109 cm³/mol. The van der Waals surface area contributed by atoms with Crippen LogP contribution in [-0.2, 0) is 12.8 Å². The Balaban J connectivity index is 1.50. The molecule has 0 spiro atoms. The van der Waals surface area contributed by atoms with Crippen LogP contribution in [0, 0.1) is 6.92 Å². The van der Waals surface area contributed by atoms with Crippen LogP contribution in [0.5, 0.6) is 0 Å². The molecule has 1 aliphatic carbocycles. The average Bonchev–Trinajstić information content (AvgIpc) is 3.15. The summed E-state index contributed by atoms with van der Waals surface area (Å²) < 4.78 is 0. The van der Waals surface area contributed by atoms with Gasteiger partial charge in [0, 0.05) is 42.4 Å². The quantitative estimate of drug-likeness (QED) is 0.780. The topological polar surface area (TPSA) is 66.4 Å². The predicted octanol–water partition coefficient (Wildman–Crippen LogP) is 3.10. The maximum atomic E-state index is 13.2. The van der Waals surface area contributed by atoms with Gasteiger partial charge >= 0.3 is 0 Å². The van der Waals surface area contributed by atoms with Crippen LogP contribution in [0.25, 0.3) is 0 Å². The van der Waals surface area contributed by atoms with Crippen LogP contribution >= 0.6 is 11.3 Å². The Hall–Kier alpha value is -2.28. The molecule has 0 unspecified atom stereocenters. The first-order valence-corrected chi connectivity index (χ1v) is 10.9. The number of amides is 2. The van der Waals surface area contributed by atoms with Crippen LogP contribution in [0.15, 0.2) is 17.6 Å². The Morgan fingerprint density at radius 3 is 2.43 bits per heavy atom. The molecule has 6 nitrogen and oxygen atoms in total. The highest BCUT2D eigenvalue weighted by Crippen LogP contribution is 2.24. The van der Waals surface area contributed by atoms with Crippen molar-refractivity contribution in [2.45, 2.75) is 58.5 Å². The first-order valence-electron chi connectivity index (χ1n) is 9.97. The van der Waals surface area contributed by atoms with Crippen molar-refractivity contribution in [1.29, 1.82) is 0 Å². The SMILES string of the molecule is Cc1nc(C(=O)N2CCN(C(=O)c3cnc4c(c3)CCCC4)[C@@H](C)[C@H]2C)cs1. The maximum Gasteiger partial charge on any atom is 0.273 e. The first-order chi connectivity index (χ1) is 13.5. The van der Waals surface area contributed by atoms with Gasteiger partial charge in [0.2, 0.25) is 0 Å². The van der Waals surface area contributed by atoms with Crippen molar-refractivity contribution >= 4 is 23.2 Å². The van der Waals surface area contributed by atoms with Crippen molar-refractivity contribution in [3.8, 4) is 0 Å². The molecule has 0 radical (unpaired) electrons. The number of hydrogen-bond donors (Lipinski definition) is 0. The summed E-state index contributed by atoms with van der Waals surface area (Å²) in [6.45, 7) is 6.96. The molecule has 2 amide bonds. The van der Waals surface area contributed by atoms with E-state index in [9.17, 15) is 9.59 Å². The number of aromatic nitrogens is 2. The van der Waals surface area contributed by atoms with Crippen LogP contribution in [0.4, 0.5) is 0 Å². The monoisotopic (exact) mass is 398 g/mol. The molecule has 1 fully saturated rings. The Kier molecular flexibility index (Phi) is 5.19. The summed E-state index contributed by atoms with van der Waals surface area (Å²) in [5.41, 5.74) is 3.51. The molecular weight excluding hydrogens is 372 g/mol. The zero-order valence-electron chi connectivity index (χ0n) is 16.6. The van der Waals surface area contributed by atoms with E-state index in [0.29, 0.717) is 24.3 Å². The molecule has 4 rings (SSSR count). The van der Waals surface area contributed by atoms with Gasteiger partial charge < -0.3 is 9.80 Å². The highest BCUT2D eigenvalue weighted by atomic mass is 32.1. The van der Waals surface area contributed by atoms with Crippen molar-refractivity contribution in [2.24, 2.45) is 0 Å². The number of piperazine rings is 1. The summed E-state index contributed by atoms with van der Waals surface area (Å²) >= 11 is 1.48. The average molecular weight is 399 g/mol. The molecule has 2 aromatic rings. The van der Waals surface area contributed by atoms with E-state index >= 15 is 0 Å². The number of nitrogens with zero attached hydrogens (tertiary/aromatic N) is 4. The summed E-state index contributed by atoms with van der Waals surface area (Å²) in [6, 6.07) is 1.88. The zero-order valence-corrected chi connectivity index (χ0v) is 17.5. The number of fused-ring (bicyclic) bond motifs is 1. The summed E-state index contributed by atoms with van der Waals surface area (Å²) in [5, 5.41) is 2.70. The van der Waals surface area contributed by atoms with Crippen LogP contribution in [0.1, 0.15) is 63.8 Å². The standard InChI is InChI=1S/C21H26N4O2S/c1-13-14(2)25(21(27)19-12-28-15(3)23-19)9-8-24(13)20(26)17-10-16-6-4-5-7-18(16)22-11-17/h10-14H,4-9H2,1-3H3/t13-,14+/m0/s1. The molecule has 0 N–H and O–H groups in total. The third kappa shape index (κ3) is 3.43. The molecule has 28 heavy (non-hydrogen) atoms. The normalized spacial score (nSPS) is 22.1. The minimum absolute atomic E-state index is 0.0109. The largest absolute Gasteiger partial charge is 0.332 e. The van der Waals surface area contributed by atoms with E-state index in [4.69, 9.17) is 0 Å². The van der Waals surface area contributed by atoms with E-state index in [-0.39, 0.29) is 23.9 Å². The van der Waals surface area contributed by atoms with Crippen LogP contribution < -0.4 is 0 Å². The Labute approximate surface area is 169 Å². The Morgan fingerprint density at radius 1 is 1.07 bits per heavy atom. The van der Waals surface area contributed by atoms with E-state index < -0.39 is 0 Å². The molecule has 1 aliphatic heterocycles. The highest BCUT2D eigenvalue weighted by molar-refractivity contribution is 7.09. The number of thiazole rings is 1. The van der Waals surface area contributed by atoms with E-state index in [1.807, 2.05) is 42.0 Å². The van der Waals surface area contributed by atoms with Gasteiger partial charge in [-0.05, 0) is 58.1 Å². The Morgan fingerprint density at radius 2 is 1.75 bits per heavy atom. The minimum Gasteiger partial charge on any atom is -0.332 e. The number of pyridine rings is 1. The summed E-state index contributed by atoms with van der Waals surface area (Å²) in [6.07, 6.45) is 6.07. The van der Waals surface area contributed by atoms with Crippen LogP contribution in [0.2, 0.25) is 0 Å². The number of hydrogen-bond acceptors (Lipinski definition) is 5. The van der Waals surface area contributed by atoms with Gasteiger partial charge in [0.25, 0.3) is 11.8 Å². The molecule has 2 atom stereocenters. The van der Waals surface area contributed by atoms with Gasteiger partial charge in [-0.3, -0.25) is 14.6 Å². The van der Waals surface area contributed by atoms with Crippen molar-refractivity contribution in [3.63, 3.8) is 0 Å². The van der Waals surface area contributed by atoms with Gasteiger partial charge in [-0.1, -0.05) is 0 Å². The van der Waals surface area contributed by atoms with Crippen LogP contribution in [0.3, 0.4) is 0 Å². The van der Waals surface area contributed by atoms with E-state index in [0.717, 1.165) is 30.0 Å². The third-order valence-corrected chi connectivity index (χ3v) is 6.81. The van der Waals surface area contributed by atoms with E-state index in [1.54, 1.807) is 6.20 Å². The molecule has 3 heterocycles. The summed E-state index contributed by atoms with van der Waals surface area (Å²) in [5.74, 6) is -0.0388. The minimum atomic E-state index is -0.0715. The maximum absolute atomic E-state index is 13.2. The lowest BCUT2D eigenvalue weighted by molar-refractivity contribution is 0.0238. The van der Waals surface area contributed by atoms with Gasteiger partial charge in [-0.15, -0.1) is 11.3 Å². The summed E-state index contributed by atoms with van der Waals surface area (Å²) in [4.78, 5) is 38.6. The lowest BCUT2D eigenvalue weighted by Gasteiger charge is -2.44. The second kappa shape index (κ2) is 7.62. The smallest absolute Gasteiger partial charge is 0.273 e. The fourth-order valence-electron chi connectivity index (χ4n) is 4.20. The van der Waals surface area contributed by atoms with Crippen molar-refractivity contribution < 1.29 is 9.59 Å². The number of carbonyl (C=O) groups is 2. The number of carbonyl (C=O) groups excluding carboxylic acids is 2. The highest BCUT2D eigenvalue weighted by Gasteiger charge is 2.37. The molecule has 2 aromatic heterocycles. The number of aryl methyl sites for hydroxylation is 3. The fraction of sp³-hybridized carbons (Fsp3) is 0.524. The molecule has 0 saturated carbocycles. The van der Waals surface area contributed by atoms with Crippen LogP contribution in [-0.4, -0.2) is 56.8 Å². The van der Waals surface area contributed by atoms with E-state index in [2.05, 4.69) is 9.97 Å². The number of rotatable bonds is 2. The van der Waals surface area contributed by atoms with Gasteiger partial charge in [0.15, 0.2) is 0 Å². The third-order valence-electron chi connectivity index (χ3n) is 6.04. The first kappa shape index (κ1) is 19.1. The molecule has 7 heteroatoms. The molecule has 0 bridgehead atoms. The summed E-state index contributed by atoms with van der Waals surface area (Å²) in [7, 11) is 0. The lowest BCUT2D eigenvalue weighted by Crippen LogP contribution is -2.60. The van der Waals surface area contributed by atoms with Gasteiger partial charge in [-0.2, -0.15) is 0 Å². The molecule has 1 saturated heterocycles. The molecule has 0 aromatic carbocycles. The van der Waals surface area contributed by atoms with Crippen molar-refractivity contribution in [1.82, 2.24) is 19.8 Å². The molecule has 2 aliphatic rings. The molecular formula is C21H26N4O2S. The van der Waals surface area contributed by atoms with Gasteiger partial charge in [0.05, 0.1) is 10.6 Å². The second-order valence-electron chi connectivity index (χ2n) is 7.77. The van der Waals surface area contributed by atoms with Crippen molar-refractivity contribution in [2.75, 3.05) is 13.1 Å².